The fraction of sp³-hybridized carbons (Fsp3) is 0.250. The molecule has 116 valence electrons. The van der Waals surface area contributed by atoms with E-state index in [0.717, 1.165) is 36.6 Å². The highest BCUT2D eigenvalue weighted by Crippen LogP contribution is 2.31. The number of aromatic nitrogens is 5. The molecule has 6 nitrogen and oxygen atoms in total. The summed E-state index contributed by atoms with van der Waals surface area (Å²) in [6.45, 7) is 2.29. The van der Waals surface area contributed by atoms with Gasteiger partial charge in [0.15, 0.2) is 5.82 Å². The van der Waals surface area contributed by atoms with Crippen LogP contribution in [0, 0.1) is 5.82 Å². The summed E-state index contributed by atoms with van der Waals surface area (Å²) in [4.78, 5) is 6.46. The highest BCUT2D eigenvalue weighted by molar-refractivity contribution is 5.26. The first-order valence-electron chi connectivity index (χ1n) is 7.46. The average molecular weight is 310 g/mol. The Hall–Kier alpha value is -2.67. The molecular formula is C16H15FN6. The van der Waals surface area contributed by atoms with Gasteiger partial charge in [-0.15, -0.1) is 5.10 Å². The van der Waals surface area contributed by atoms with Gasteiger partial charge in [-0.2, -0.15) is 0 Å². The van der Waals surface area contributed by atoms with Crippen LogP contribution in [0.3, 0.4) is 0 Å². The van der Waals surface area contributed by atoms with E-state index >= 15 is 0 Å². The molecule has 0 N–H and O–H groups in total. The van der Waals surface area contributed by atoms with Crippen LogP contribution >= 0.6 is 0 Å². The maximum absolute atomic E-state index is 13.3. The third-order valence-corrected chi connectivity index (χ3v) is 4.06. The summed E-state index contributed by atoms with van der Waals surface area (Å²) in [5.74, 6) is 0.537. The molecule has 0 saturated carbocycles. The molecular weight excluding hydrogens is 295 g/mol. The molecule has 0 saturated heterocycles. The lowest BCUT2D eigenvalue weighted by molar-refractivity contribution is 0.164. The monoisotopic (exact) mass is 310 g/mol. The van der Waals surface area contributed by atoms with Gasteiger partial charge < -0.3 is 0 Å². The maximum atomic E-state index is 13.3. The molecule has 1 aliphatic heterocycles. The Labute approximate surface area is 132 Å². The lowest BCUT2D eigenvalue weighted by Crippen LogP contribution is -2.39. The fourth-order valence-corrected chi connectivity index (χ4v) is 2.98. The fourth-order valence-electron chi connectivity index (χ4n) is 2.98. The zero-order valence-corrected chi connectivity index (χ0v) is 12.4. The quantitative estimate of drug-likeness (QED) is 0.738. The number of benzene rings is 1. The van der Waals surface area contributed by atoms with Crippen molar-refractivity contribution in [3.05, 3.63) is 71.6 Å². The Kier molecular flexibility index (Phi) is 3.55. The Bertz CT molecular complexity index is 786. The smallest absolute Gasteiger partial charge is 0.173 e. The summed E-state index contributed by atoms with van der Waals surface area (Å²) >= 11 is 0. The van der Waals surface area contributed by atoms with E-state index in [-0.39, 0.29) is 11.9 Å². The van der Waals surface area contributed by atoms with E-state index in [4.69, 9.17) is 0 Å². The Morgan fingerprint density at radius 3 is 2.78 bits per heavy atom. The average Bonchev–Trinajstić information content (AvgIpc) is 3.05. The van der Waals surface area contributed by atoms with Crippen molar-refractivity contribution >= 4 is 0 Å². The topological polar surface area (TPSA) is 59.7 Å². The number of nitrogens with zero attached hydrogens (tertiary/aromatic N) is 6. The molecule has 0 amide bonds. The maximum Gasteiger partial charge on any atom is 0.173 e. The molecule has 0 aliphatic carbocycles. The van der Waals surface area contributed by atoms with Gasteiger partial charge in [0.25, 0.3) is 0 Å². The van der Waals surface area contributed by atoms with E-state index in [1.54, 1.807) is 18.3 Å². The van der Waals surface area contributed by atoms with Crippen molar-refractivity contribution in [3.63, 3.8) is 0 Å². The van der Waals surface area contributed by atoms with Gasteiger partial charge >= 0.3 is 0 Å². The summed E-state index contributed by atoms with van der Waals surface area (Å²) in [6, 6.07) is 10.4. The van der Waals surface area contributed by atoms with Crippen molar-refractivity contribution in [2.24, 2.45) is 0 Å². The zero-order chi connectivity index (χ0) is 15.6. The second-order valence-corrected chi connectivity index (χ2v) is 5.55. The highest BCUT2D eigenvalue weighted by Gasteiger charge is 2.31. The number of pyridine rings is 1. The molecule has 0 fully saturated rings. The summed E-state index contributed by atoms with van der Waals surface area (Å²) in [7, 11) is 0. The van der Waals surface area contributed by atoms with Crippen LogP contribution in [-0.2, 0) is 13.1 Å². The highest BCUT2D eigenvalue weighted by atomic mass is 19.1. The third-order valence-electron chi connectivity index (χ3n) is 4.06. The molecule has 2 aromatic heterocycles. The van der Waals surface area contributed by atoms with Crippen LogP contribution in [-0.4, -0.2) is 36.6 Å². The van der Waals surface area contributed by atoms with E-state index in [1.165, 1.54) is 12.1 Å². The van der Waals surface area contributed by atoms with Gasteiger partial charge in [0.05, 0.1) is 12.6 Å². The first-order valence-corrected chi connectivity index (χ1v) is 7.46. The van der Waals surface area contributed by atoms with Gasteiger partial charge in [-0.05, 0) is 39.8 Å². The lowest BCUT2D eigenvalue weighted by atomic mass is 10.0. The van der Waals surface area contributed by atoms with E-state index < -0.39 is 0 Å². The predicted octanol–water partition coefficient (Wildman–Crippen LogP) is 1.81. The SMILES string of the molecule is Fc1ccc(C2c3nnnn3CCN2Cc2cccnc2)cc1. The van der Waals surface area contributed by atoms with Gasteiger partial charge in [-0.1, -0.05) is 18.2 Å². The second kappa shape index (κ2) is 5.85. The van der Waals surface area contributed by atoms with Crippen LogP contribution in [0.2, 0.25) is 0 Å². The minimum Gasteiger partial charge on any atom is -0.283 e. The molecule has 0 spiro atoms. The number of hydrogen-bond donors (Lipinski definition) is 0. The lowest BCUT2D eigenvalue weighted by Gasteiger charge is -2.34. The van der Waals surface area contributed by atoms with E-state index in [9.17, 15) is 4.39 Å². The minimum absolute atomic E-state index is 0.0976. The molecule has 3 heterocycles. The Morgan fingerprint density at radius 1 is 1.13 bits per heavy atom. The third kappa shape index (κ3) is 2.70. The van der Waals surface area contributed by atoms with Crippen molar-refractivity contribution in [2.75, 3.05) is 6.54 Å². The molecule has 1 aliphatic rings. The van der Waals surface area contributed by atoms with Crippen LogP contribution < -0.4 is 0 Å². The number of fused-ring (bicyclic) bond motifs is 1. The van der Waals surface area contributed by atoms with Crippen LogP contribution in [0.25, 0.3) is 0 Å². The van der Waals surface area contributed by atoms with Crippen molar-refractivity contribution in [1.29, 1.82) is 0 Å². The molecule has 1 aromatic carbocycles. The minimum atomic E-state index is -0.247. The molecule has 3 aromatic rings. The Balaban J connectivity index is 1.71. The van der Waals surface area contributed by atoms with Crippen molar-refractivity contribution < 1.29 is 4.39 Å². The van der Waals surface area contributed by atoms with Gasteiger partial charge in [-0.3, -0.25) is 9.88 Å². The van der Waals surface area contributed by atoms with Crippen molar-refractivity contribution in [3.8, 4) is 0 Å². The largest absolute Gasteiger partial charge is 0.283 e. The summed E-state index contributed by atoms with van der Waals surface area (Å²) in [6.07, 6.45) is 3.62. The molecule has 7 heteroatoms. The van der Waals surface area contributed by atoms with Crippen LogP contribution in [0.5, 0.6) is 0 Å². The van der Waals surface area contributed by atoms with E-state index in [0.29, 0.717) is 0 Å². The molecule has 0 radical (unpaired) electrons. The van der Waals surface area contributed by atoms with Crippen LogP contribution in [0.1, 0.15) is 23.0 Å². The van der Waals surface area contributed by atoms with Gasteiger partial charge in [0, 0.05) is 25.5 Å². The van der Waals surface area contributed by atoms with Gasteiger partial charge in [0.1, 0.15) is 5.82 Å². The van der Waals surface area contributed by atoms with Crippen molar-refractivity contribution in [1.82, 2.24) is 30.1 Å². The normalized spacial score (nSPS) is 17.9. The zero-order valence-electron chi connectivity index (χ0n) is 12.4. The number of halogens is 1. The number of hydrogen-bond acceptors (Lipinski definition) is 5. The Morgan fingerprint density at radius 2 is 2.00 bits per heavy atom. The van der Waals surface area contributed by atoms with E-state index in [2.05, 4.69) is 25.4 Å². The first-order chi connectivity index (χ1) is 11.3. The molecule has 23 heavy (non-hydrogen) atoms. The molecule has 0 bridgehead atoms. The second-order valence-electron chi connectivity index (χ2n) is 5.55. The number of rotatable bonds is 3. The van der Waals surface area contributed by atoms with E-state index in [1.807, 2.05) is 23.0 Å². The van der Waals surface area contributed by atoms with Crippen molar-refractivity contribution in [2.45, 2.75) is 19.1 Å². The summed E-state index contributed by atoms with van der Waals surface area (Å²) in [5.41, 5.74) is 2.10. The van der Waals surface area contributed by atoms with Gasteiger partial charge in [-0.25, -0.2) is 9.07 Å². The molecule has 4 rings (SSSR count). The first kappa shape index (κ1) is 14.0. The summed E-state index contributed by atoms with van der Waals surface area (Å²) < 4.78 is 15.1. The van der Waals surface area contributed by atoms with Crippen LogP contribution in [0.4, 0.5) is 4.39 Å². The molecule has 1 atom stereocenters. The standard InChI is InChI=1S/C16H15FN6/c17-14-5-3-13(4-6-14)15-16-19-20-21-23(16)9-8-22(15)11-12-2-1-7-18-10-12/h1-7,10,15H,8-9,11H2. The van der Waals surface area contributed by atoms with Gasteiger partial charge in [0.2, 0.25) is 0 Å². The number of tetrazole rings is 1. The molecule has 1 unspecified atom stereocenters. The predicted molar refractivity (Wildman–Crippen MR) is 80.7 cm³/mol. The van der Waals surface area contributed by atoms with Crippen LogP contribution in [0.15, 0.2) is 48.8 Å². The summed E-state index contributed by atoms with van der Waals surface area (Å²) in [5, 5.41) is 12.0.